The molecule has 0 saturated carbocycles. The number of benzene rings is 3. The summed E-state index contributed by atoms with van der Waals surface area (Å²) in [5.74, 6) is -1.44. The van der Waals surface area contributed by atoms with E-state index < -0.39 is 22.6 Å². The van der Waals surface area contributed by atoms with Gasteiger partial charge in [0.25, 0.3) is 17.5 Å². The van der Waals surface area contributed by atoms with Crippen LogP contribution in [0.25, 0.3) is 5.57 Å². The number of halogens is 1. The zero-order valence-corrected chi connectivity index (χ0v) is 17.1. The van der Waals surface area contributed by atoms with E-state index in [1.807, 2.05) is 18.2 Å². The molecular weight excluding hydrogens is 413 g/mol. The van der Waals surface area contributed by atoms with E-state index in [4.69, 9.17) is 0 Å². The molecule has 0 saturated heterocycles. The lowest BCUT2D eigenvalue weighted by Gasteiger charge is -2.21. The number of carbonyl (C=O) groups is 2. The molecule has 0 spiro atoms. The monoisotopic (exact) mass is 431 g/mol. The standard InChI is InChI=1S/C24H18FN3O4/c1-26(19-5-3-2-4-6-19)22-21(17-9-13-20(14-10-17)28(31)32)23(29)27(24(22)30)15-16-7-11-18(25)12-8-16/h2-14H,15H2,1H3. The van der Waals surface area contributed by atoms with Crippen LogP contribution in [0.1, 0.15) is 11.1 Å². The number of para-hydroxylation sites is 1. The second-order valence-electron chi connectivity index (χ2n) is 7.25. The molecule has 32 heavy (non-hydrogen) atoms. The molecule has 8 heteroatoms. The van der Waals surface area contributed by atoms with Gasteiger partial charge >= 0.3 is 0 Å². The van der Waals surface area contributed by atoms with Crippen LogP contribution in [0, 0.1) is 15.9 Å². The Hall–Kier alpha value is -4.33. The molecule has 0 N–H and O–H groups in total. The van der Waals surface area contributed by atoms with Crippen LogP contribution in [-0.2, 0) is 16.1 Å². The van der Waals surface area contributed by atoms with E-state index in [9.17, 15) is 24.1 Å². The van der Waals surface area contributed by atoms with Gasteiger partial charge in [0.15, 0.2) is 0 Å². The molecule has 160 valence electrons. The zero-order chi connectivity index (χ0) is 22.8. The normalized spacial score (nSPS) is 13.6. The van der Waals surface area contributed by atoms with Crippen LogP contribution < -0.4 is 4.90 Å². The van der Waals surface area contributed by atoms with E-state index in [1.54, 1.807) is 24.1 Å². The van der Waals surface area contributed by atoms with Crippen LogP contribution in [0.2, 0.25) is 0 Å². The summed E-state index contributed by atoms with van der Waals surface area (Å²) in [4.78, 5) is 40.0. The first kappa shape index (κ1) is 20.9. The van der Waals surface area contributed by atoms with E-state index >= 15 is 0 Å². The fourth-order valence-corrected chi connectivity index (χ4v) is 3.58. The fraction of sp³-hybridized carbons (Fsp3) is 0.0833. The van der Waals surface area contributed by atoms with E-state index in [-0.39, 0.29) is 23.5 Å². The third-order valence-electron chi connectivity index (χ3n) is 5.24. The highest BCUT2D eigenvalue weighted by Gasteiger charge is 2.41. The minimum absolute atomic E-state index is 0.0272. The van der Waals surface area contributed by atoms with Crippen LogP contribution >= 0.6 is 0 Å². The Kier molecular flexibility index (Phi) is 5.51. The lowest BCUT2D eigenvalue weighted by molar-refractivity contribution is -0.384. The average Bonchev–Trinajstić information content (AvgIpc) is 3.05. The van der Waals surface area contributed by atoms with Crippen molar-refractivity contribution in [2.45, 2.75) is 6.54 Å². The number of non-ortho nitro benzene ring substituents is 1. The van der Waals surface area contributed by atoms with Gasteiger partial charge in [0.1, 0.15) is 11.5 Å². The first-order chi connectivity index (χ1) is 15.4. The average molecular weight is 431 g/mol. The topological polar surface area (TPSA) is 83.8 Å². The minimum atomic E-state index is -0.530. The van der Waals surface area contributed by atoms with Gasteiger partial charge < -0.3 is 4.90 Å². The number of imide groups is 1. The summed E-state index contributed by atoms with van der Waals surface area (Å²) >= 11 is 0. The van der Waals surface area contributed by atoms with Crippen LogP contribution in [0.4, 0.5) is 15.8 Å². The van der Waals surface area contributed by atoms with Crippen molar-refractivity contribution in [1.29, 1.82) is 0 Å². The summed E-state index contributed by atoms with van der Waals surface area (Å²) in [6.45, 7) is -0.0272. The Morgan fingerprint density at radius 1 is 0.906 bits per heavy atom. The predicted molar refractivity (Wildman–Crippen MR) is 117 cm³/mol. The number of nitro groups is 1. The molecule has 0 aliphatic carbocycles. The van der Waals surface area contributed by atoms with Gasteiger partial charge in [-0.15, -0.1) is 0 Å². The summed E-state index contributed by atoms with van der Waals surface area (Å²) in [5, 5.41) is 11.0. The lowest BCUT2D eigenvalue weighted by atomic mass is 10.0. The van der Waals surface area contributed by atoms with E-state index in [0.717, 1.165) is 4.90 Å². The van der Waals surface area contributed by atoms with E-state index in [0.29, 0.717) is 16.8 Å². The van der Waals surface area contributed by atoms with Gasteiger partial charge in [0.2, 0.25) is 0 Å². The summed E-state index contributed by atoms with van der Waals surface area (Å²) in [7, 11) is 1.68. The highest BCUT2D eigenvalue weighted by molar-refractivity contribution is 6.36. The van der Waals surface area contributed by atoms with Crippen molar-refractivity contribution < 1.29 is 18.9 Å². The van der Waals surface area contributed by atoms with E-state index in [1.165, 1.54) is 48.5 Å². The molecular formula is C24H18FN3O4. The molecule has 0 fully saturated rings. The maximum Gasteiger partial charge on any atom is 0.278 e. The minimum Gasteiger partial charge on any atom is -0.339 e. The fourth-order valence-electron chi connectivity index (χ4n) is 3.58. The predicted octanol–water partition coefficient (Wildman–Crippen LogP) is 4.15. The number of hydrogen-bond donors (Lipinski definition) is 0. The van der Waals surface area contributed by atoms with Crippen molar-refractivity contribution in [2.24, 2.45) is 0 Å². The summed E-state index contributed by atoms with van der Waals surface area (Å²) in [6, 6.07) is 20.1. The quantitative estimate of drug-likeness (QED) is 0.333. The summed E-state index contributed by atoms with van der Waals surface area (Å²) in [6.07, 6.45) is 0. The second-order valence-corrected chi connectivity index (χ2v) is 7.25. The van der Waals surface area contributed by atoms with Crippen LogP contribution in [0.15, 0.2) is 84.6 Å². The number of nitrogens with zero attached hydrogens (tertiary/aromatic N) is 3. The lowest BCUT2D eigenvalue weighted by Crippen LogP contribution is -2.33. The van der Waals surface area contributed by atoms with Crippen LogP contribution in [-0.4, -0.2) is 28.7 Å². The number of hydrogen-bond acceptors (Lipinski definition) is 5. The van der Waals surface area contributed by atoms with Crippen molar-refractivity contribution in [3.05, 3.63) is 112 Å². The van der Waals surface area contributed by atoms with Crippen molar-refractivity contribution in [2.75, 3.05) is 11.9 Å². The Morgan fingerprint density at radius 2 is 1.53 bits per heavy atom. The first-order valence-electron chi connectivity index (χ1n) is 9.75. The maximum absolute atomic E-state index is 13.4. The number of nitro benzene ring substituents is 1. The SMILES string of the molecule is CN(C1=C(c2ccc([N+](=O)[O-])cc2)C(=O)N(Cc2ccc(F)cc2)C1=O)c1ccccc1. The van der Waals surface area contributed by atoms with Crippen molar-refractivity contribution in [3.63, 3.8) is 0 Å². The molecule has 7 nitrogen and oxygen atoms in total. The zero-order valence-electron chi connectivity index (χ0n) is 17.1. The van der Waals surface area contributed by atoms with Gasteiger partial charge in [0.05, 0.1) is 17.0 Å². The van der Waals surface area contributed by atoms with Crippen molar-refractivity contribution >= 4 is 28.8 Å². The van der Waals surface area contributed by atoms with Gasteiger partial charge in [-0.1, -0.05) is 30.3 Å². The molecule has 1 heterocycles. The Bertz CT molecular complexity index is 1220. The molecule has 0 atom stereocenters. The Labute approximate surface area is 183 Å². The van der Waals surface area contributed by atoms with Gasteiger partial charge in [-0.2, -0.15) is 0 Å². The number of likely N-dealkylation sites (N-methyl/N-ethyl adjacent to an activating group) is 1. The highest BCUT2D eigenvalue weighted by Crippen LogP contribution is 2.34. The maximum atomic E-state index is 13.4. The molecule has 3 aromatic carbocycles. The molecule has 4 rings (SSSR count). The molecule has 0 bridgehead atoms. The first-order valence-corrected chi connectivity index (χ1v) is 9.75. The van der Waals surface area contributed by atoms with Gasteiger partial charge in [-0.3, -0.25) is 24.6 Å². The third-order valence-corrected chi connectivity index (χ3v) is 5.24. The van der Waals surface area contributed by atoms with Crippen LogP contribution in [0.3, 0.4) is 0 Å². The molecule has 1 aliphatic rings. The van der Waals surface area contributed by atoms with Crippen molar-refractivity contribution in [3.8, 4) is 0 Å². The van der Waals surface area contributed by atoms with Gasteiger partial charge in [0, 0.05) is 24.9 Å². The molecule has 0 unspecified atom stereocenters. The number of anilines is 1. The smallest absolute Gasteiger partial charge is 0.278 e. The largest absolute Gasteiger partial charge is 0.339 e. The molecule has 1 aliphatic heterocycles. The molecule has 3 aromatic rings. The third kappa shape index (κ3) is 3.85. The number of carbonyl (C=O) groups excluding carboxylic acids is 2. The summed E-state index contributed by atoms with van der Waals surface area (Å²) in [5.41, 5.74) is 1.89. The van der Waals surface area contributed by atoms with Crippen molar-refractivity contribution in [1.82, 2.24) is 4.90 Å². The molecule has 2 amide bonds. The van der Waals surface area contributed by atoms with Crippen LogP contribution in [0.5, 0.6) is 0 Å². The number of amides is 2. The Balaban J connectivity index is 1.78. The summed E-state index contributed by atoms with van der Waals surface area (Å²) < 4.78 is 13.3. The highest BCUT2D eigenvalue weighted by atomic mass is 19.1. The second kappa shape index (κ2) is 8.43. The number of rotatable bonds is 6. The molecule has 0 aromatic heterocycles. The Morgan fingerprint density at radius 3 is 2.12 bits per heavy atom. The molecule has 0 radical (unpaired) electrons. The van der Waals surface area contributed by atoms with Gasteiger partial charge in [-0.25, -0.2) is 4.39 Å². The van der Waals surface area contributed by atoms with E-state index in [2.05, 4.69) is 0 Å². The van der Waals surface area contributed by atoms with Gasteiger partial charge in [-0.05, 0) is 47.5 Å².